The fraction of sp³-hybridized carbons (Fsp3) is 0. The third kappa shape index (κ3) is 1.18. The van der Waals surface area contributed by atoms with Crippen molar-refractivity contribution >= 4 is 34.5 Å². The summed E-state index contributed by atoms with van der Waals surface area (Å²) >= 11 is 6.74. The molecular formula is C7H5ClN2OS. The Kier molecular flexibility index (Phi) is 1.96. The summed E-state index contributed by atoms with van der Waals surface area (Å²) in [7, 11) is 0. The van der Waals surface area contributed by atoms with E-state index < -0.39 is 5.24 Å². The molecule has 0 atom stereocenters. The quantitative estimate of drug-likeness (QED) is 0.538. The Bertz CT molecular complexity index is 342. The van der Waals surface area contributed by atoms with Crippen LogP contribution in [-0.4, -0.2) is 5.24 Å². The molecule has 0 amide bonds. The first-order chi connectivity index (χ1) is 5.79. The molecule has 0 saturated heterocycles. The van der Waals surface area contributed by atoms with Crippen LogP contribution in [0.25, 0.3) is 0 Å². The zero-order valence-corrected chi connectivity index (χ0v) is 7.50. The van der Waals surface area contributed by atoms with Crippen molar-refractivity contribution < 1.29 is 4.79 Å². The first-order valence-electron chi connectivity index (χ1n) is 3.30. The molecular weight excluding hydrogens is 196 g/mol. The lowest BCUT2D eigenvalue weighted by Gasteiger charge is -1.99. The van der Waals surface area contributed by atoms with Crippen LogP contribution in [-0.2, 0) is 0 Å². The maximum absolute atomic E-state index is 10.9. The lowest BCUT2D eigenvalue weighted by atomic mass is 10.2. The van der Waals surface area contributed by atoms with E-state index in [-0.39, 0.29) is 0 Å². The highest BCUT2D eigenvalue weighted by molar-refractivity contribution is 7.98. The molecule has 0 saturated carbocycles. The van der Waals surface area contributed by atoms with Crippen LogP contribution >= 0.6 is 23.5 Å². The van der Waals surface area contributed by atoms with Crippen LogP contribution in [0.4, 0.5) is 5.69 Å². The SMILES string of the molecule is O=C(Cl)c1cccc2c1SNN2. The molecule has 2 N–H and O–H groups in total. The monoisotopic (exact) mass is 200 g/mol. The van der Waals surface area contributed by atoms with Crippen LogP contribution in [0.1, 0.15) is 10.4 Å². The van der Waals surface area contributed by atoms with Crippen molar-refractivity contribution in [1.29, 1.82) is 0 Å². The van der Waals surface area contributed by atoms with Gasteiger partial charge in [-0.25, -0.2) is 0 Å². The molecule has 1 heterocycles. The number of anilines is 1. The molecule has 62 valence electrons. The molecule has 0 bridgehead atoms. The van der Waals surface area contributed by atoms with Crippen molar-refractivity contribution in [2.24, 2.45) is 0 Å². The molecule has 1 aromatic rings. The zero-order valence-electron chi connectivity index (χ0n) is 5.93. The van der Waals surface area contributed by atoms with E-state index in [0.29, 0.717) is 5.56 Å². The summed E-state index contributed by atoms with van der Waals surface area (Å²) in [6.07, 6.45) is 0. The van der Waals surface area contributed by atoms with Crippen molar-refractivity contribution in [2.45, 2.75) is 4.90 Å². The number of benzene rings is 1. The summed E-state index contributed by atoms with van der Waals surface area (Å²) in [5.74, 6) is 0. The molecule has 2 rings (SSSR count). The number of fused-ring (bicyclic) bond motifs is 1. The van der Waals surface area contributed by atoms with E-state index in [9.17, 15) is 4.79 Å². The van der Waals surface area contributed by atoms with Crippen molar-refractivity contribution in [2.75, 3.05) is 5.43 Å². The van der Waals surface area contributed by atoms with Gasteiger partial charge < -0.3 is 5.43 Å². The summed E-state index contributed by atoms with van der Waals surface area (Å²) < 4.78 is 0. The van der Waals surface area contributed by atoms with Crippen LogP contribution in [0.3, 0.4) is 0 Å². The number of carbonyl (C=O) groups excluding carboxylic acids is 1. The maximum atomic E-state index is 10.9. The minimum atomic E-state index is -0.426. The summed E-state index contributed by atoms with van der Waals surface area (Å²) in [5, 5.41) is -0.426. The lowest BCUT2D eigenvalue weighted by molar-refractivity contribution is 0.107. The molecule has 0 unspecified atom stereocenters. The van der Waals surface area contributed by atoms with Gasteiger partial charge in [-0.3, -0.25) is 4.79 Å². The Hall–Kier alpha value is -0.710. The van der Waals surface area contributed by atoms with E-state index in [2.05, 4.69) is 10.3 Å². The Morgan fingerprint density at radius 1 is 1.50 bits per heavy atom. The third-order valence-corrected chi connectivity index (χ3v) is 2.62. The molecule has 5 heteroatoms. The number of rotatable bonds is 1. The molecule has 0 radical (unpaired) electrons. The largest absolute Gasteiger partial charge is 0.310 e. The van der Waals surface area contributed by atoms with Gasteiger partial charge in [-0.15, -0.1) is 0 Å². The first kappa shape index (κ1) is 7.91. The van der Waals surface area contributed by atoms with Crippen LogP contribution in [0.5, 0.6) is 0 Å². The van der Waals surface area contributed by atoms with Gasteiger partial charge in [0.15, 0.2) is 0 Å². The Balaban J connectivity index is 2.56. The third-order valence-electron chi connectivity index (χ3n) is 1.57. The van der Waals surface area contributed by atoms with Gasteiger partial charge in [0.2, 0.25) is 0 Å². The number of hydrogen-bond donors (Lipinski definition) is 2. The van der Waals surface area contributed by atoms with E-state index >= 15 is 0 Å². The van der Waals surface area contributed by atoms with Crippen molar-refractivity contribution in [3.05, 3.63) is 23.8 Å². The zero-order chi connectivity index (χ0) is 8.55. The maximum Gasteiger partial charge on any atom is 0.253 e. The molecule has 0 fully saturated rings. The molecule has 0 spiro atoms. The van der Waals surface area contributed by atoms with Crippen molar-refractivity contribution in [1.82, 2.24) is 4.83 Å². The number of nitrogens with one attached hydrogen (secondary N) is 2. The normalized spacial score (nSPS) is 13.8. The molecule has 1 aliphatic rings. The van der Waals surface area contributed by atoms with Gasteiger partial charge in [0.25, 0.3) is 5.24 Å². The Morgan fingerprint density at radius 2 is 2.33 bits per heavy atom. The second-order valence-electron chi connectivity index (χ2n) is 2.29. The van der Waals surface area contributed by atoms with E-state index in [4.69, 9.17) is 11.6 Å². The second kappa shape index (κ2) is 2.97. The first-order valence-corrected chi connectivity index (χ1v) is 4.49. The van der Waals surface area contributed by atoms with E-state index in [1.165, 1.54) is 11.9 Å². The fourth-order valence-electron chi connectivity index (χ4n) is 1.03. The fourth-order valence-corrected chi connectivity index (χ4v) is 2.01. The van der Waals surface area contributed by atoms with Gasteiger partial charge >= 0.3 is 0 Å². The van der Waals surface area contributed by atoms with Gasteiger partial charge in [-0.05, 0) is 35.7 Å². The summed E-state index contributed by atoms with van der Waals surface area (Å²) in [5.41, 5.74) is 4.33. The molecule has 0 aliphatic carbocycles. The van der Waals surface area contributed by atoms with Gasteiger partial charge in [-0.2, -0.15) is 4.83 Å². The summed E-state index contributed by atoms with van der Waals surface area (Å²) in [6, 6.07) is 5.37. The number of carbonyl (C=O) groups is 1. The number of hydrogen-bond acceptors (Lipinski definition) is 4. The topological polar surface area (TPSA) is 41.1 Å². The van der Waals surface area contributed by atoms with Crippen LogP contribution < -0.4 is 10.3 Å². The Labute approximate surface area is 78.6 Å². The molecule has 0 aromatic heterocycles. The number of halogens is 1. The molecule has 1 aromatic carbocycles. The smallest absolute Gasteiger partial charge is 0.253 e. The minimum absolute atomic E-state index is 0.426. The predicted octanol–water partition coefficient (Wildman–Crippen LogP) is 2.00. The van der Waals surface area contributed by atoms with E-state index in [1.54, 1.807) is 12.1 Å². The molecule has 12 heavy (non-hydrogen) atoms. The highest BCUT2D eigenvalue weighted by Crippen LogP contribution is 2.33. The molecule has 1 aliphatic heterocycles. The average molecular weight is 201 g/mol. The van der Waals surface area contributed by atoms with Gasteiger partial charge in [0.05, 0.1) is 16.1 Å². The molecule has 3 nitrogen and oxygen atoms in total. The van der Waals surface area contributed by atoms with E-state index in [0.717, 1.165) is 10.6 Å². The summed E-state index contributed by atoms with van der Waals surface area (Å²) in [4.78, 5) is 14.6. The predicted molar refractivity (Wildman–Crippen MR) is 49.2 cm³/mol. The van der Waals surface area contributed by atoms with Gasteiger partial charge in [-0.1, -0.05) is 6.07 Å². The highest BCUT2D eigenvalue weighted by Gasteiger charge is 2.17. The van der Waals surface area contributed by atoms with Crippen LogP contribution in [0.2, 0.25) is 0 Å². The second-order valence-corrected chi connectivity index (χ2v) is 3.44. The number of hydrazine groups is 1. The lowest BCUT2D eigenvalue weighted by Crippen LogP contribution is -2.04. The average Bonchev–Trinajstić information content (AvgIpc) is 2.49. The van der Waals surface area contributed by atoms with Crippen molar-refractivity contribution in [3.8, 4) is 0 Å². The summed E-state index contributed by atoms with van der Waals surface area (Å²) in [6.45, 7) is 0. The van der Waals surface area contributed by atoms with E-state index in [1.807, 2.05) is 6.07 Å². The standard InChI is InChI=1S/C7H5ClN2OS/c8-7(11)4-2-1-3-5-6(4)12-10-9-5/h1-3,9-10H. The highest BCUT2D eigenvalue weighted by atomic mass is 35.5. The van der Waals surface area contributed by atoms with Crippen molar-refractivity contribution in [3.63, 3.8) is 0 Å². The Morgan fingerprint density at radius 3 is 3.08 bits per heavy atom. The van der Waals surface area contributed by atoms with Crippen LogP contribution in [0.15, 0.2) is 23.1 Å². The van der Waals surface area contributed by atoms with Crippen LogP contribution in [0, 0.1) is 0 Å². The van der Waals surface area contributed by atoms with Gasteiger partial charge in [0, 0.05) is 0 Å². The minimum Gasteiger partial charge on any atom is -0.310 e. The van der Waals surface area contributed by atoms with Gasteiger partial charge in [0.1, 0.15) is 0 Å².